The maximum absolute atomic E-state index is 12.0. The monoisotopic (exact) mass is 375 g/mol. The van der Waals surface area contributed by atoms with Gasteiger partial charge in [-0.15, -0.1) is 0 Å². The van der Waals surface area contributed by atoms with E-state index in [4.69, 9.17) is 14.3 Å². The van der Waals surface area contributed by atoms with E-state index >= 15 is 0 Å². The lowest BCUT2D eigenvalue weighted by atomic mass is 9.85. The maximum Gasteiger partial charge on any atom is 0.320 e. The summed E-state index contributed by atoms with van der Waals surface area (Å²) in [4.78, 5) is 10.7. The molecule has 0 unspecified atom stereocenters. The predicted octanol–water partition coefficient (Wildman–Crippen LogP) is 2.18. The summed E-state index contributed by atoms with van der Waals surface area (Å²) in [6, 6.07) is 3.17. The van der Waals surface area contributed by atoms with Gasteiger partial charge in [0.2, 0.25) is 19.1 Å². The quantitative estimate of drug-likeness (QED) is 0.708. The van der Waals surface area contributed by atoms with Crippen molar-refractivity contribution in [2.75, 3.05) is 17.6 Å². The summed E-state index contributed by atoms with van der Waals surface area (Å²) < 4.78 is 37.7. The van der Waals surface area contributed by atoms with E-state index in [9.17, 15) is 13.2 Å². The second-order valence-electron chi connectivity index (χ2n) is 6.69. The van der Waals surface area contributed by atoms with Crippen molar-refractivity contribution in [2.24, 2.45) is 0 Å². The molecule has 0 aromatic heterocycles. The Balaban J connectivity index is 3.53. The van der Waals surface area contributed by atoms with Crippen LogP contribution in [-0.2, 0) is 20.2 Å². The van der Waals surface area contributed by atoms with E-state index in [0.717, 1.165) is 5.56 Å². The lowest BCUT2D eigenvalue weighted by Gasteiger charge is -2.28. The molecule has 1 aromatic carbocycles. The number of rotatable bonds is 7. The number of hydrogen-bond donors (Lipinski definition) is 2. The Morgan fingerprint density at radius 1 is 1.29 bits per heavy atom. The van der Waals surface area contributed by atoms with Crippen molar-refractivity contribution < 1.29 is 27.5 Å². The summed E-state index contributed by atoms with van der Waals surface area (Å²) in [6.07, 6.45) is 0. The fourth-order valence-electron chi connectivity index (χ4n) is 2.25. The number of carboxylic acid groups (broad SMARTS) is 1. The van der Waals surface area contributed by atoms with Crippen molar-refractivity contribution in [3.8, 4) is 11.5 Å². The molecule has 0 amide bonds. The maximum atomic E-state index is 12.0. The SMILES string of the molecule is COc1ccc(NS(=O)(=O)CC(=O)O)c(O[SiH](C)C)c1C(C)(C)C. The van der Waals surface area contributed by atoms with Gasteiger partial charge >= 0.3 is 5.97 Å². The second-order valence-corrected chi connectivity index (χ2v) is 10.7. The fourth-order valence-corrected chi connectivity index (χ4v) is 3.86. The highest BCUT2D eigenvalue weighted by Crippen LogP contribution is 2.44. The zero-order chi connectivity index (χ0) is 18.7. The van der Waals surface area contributed by atoms with E-state index in [1.54, 1.807) is 6.07 Å². The summed E-state index contributed by atoms with van der Waals surface area (Å²) in [5.74, 6) is -1.44. The van der Waals surface area contributed by atoms with E-state index in [1.807, 2.05) is 33.9 Å². The van der Waals surface area contributed by atoms with Crippen LogP contribution in [-0.4, -0.2) is 41.4 Å². The second kappa shape index (κ2) is 7.43. The highest BCUT2D eigenvalue weighted by atomic mass is 32.2. The Morgan fingerprint density at radius 2 is 1.88 bits per heavy atom. The topological polar surface area (TPSA) is 102 Å². The predicted molar refractivity (Wildman–Crippen MR) is 96.2 cm³/mol. The number of carbonyl (C=O) groups is 1. The number of ether oxygens (including phenoxy) is 1. The van der Waals surface area contributed by atoms with Gasteiger partial charge in [0.25, 0.3) is 0 Å². The van der Waals surface area contributed by atoms with Gasteiger partial charge < -0.3 is 14.3 Å². The molecule has 0 heterocycles. The number of methoxy groups -OCH3 is 1. The molecule has 0 atom stereocenters. The van der Waals surface area contributed by atoms with Crippen LogP contribution in [0.4, 0.5) is 5.69 Å². The zero-order valence-electron chi connectivity index (χ0n) is 14.8. The molecule has 0 radical (unpaired) electrons. The van der Waals surface area contributed by atoms with Crippen LogP contribution in [0.1, 0.15) is 26.3 Å². The van der Waals surface area contributed by atoms with Gasteiger partial charge in [0.15, 0.2) is 5.75 Å². The van der Waals surface area contributed by atoms with Gasteiger partial charge in [-0.3, -0.25) is 9.52 Å². The third kappa shape index (κ3) is 5.41. The largest absolute Gasteiger partial charge is 0.545 e. The molecule has 2 N–H and O–H groups in total. The lowest BCUT2D eigenvalue weighted by molar-refractivity contribution is -0.134. The Labute approximate surface area is 144 Å². The van der Waals surface area contributed by atoms with Crippen LogP contribution in [0.3, 0.4) is 0 Å². The van der Waals surface area contributed by atoms with Gasteiger partial charge in [0.05, 0.1) is 12.8 Å². The van der Waals surface area contributed by atoms with Crippen molar-refractivity contribution in [1.29, 1.82) is 0 Å². The van der Waals surface area contributed by atoms with Crippen LogP contribution in [0.5, 0.6) is 11.5 Å². The van der Waals surface area contributed by atoms with Crippen LogP contribution in [0.2, 0.25) is 13.1 Å². The van der Waals surface area contributed by atoms with E-state index in [2.05, 4.69) is 4.72 Å². The Hall–Kier alpha value is -1.74. The summed E-state index contributed by atoms with van der Waals surface area (Å²) in [7, 11) is -4.05. The van der Waals surface area contributed by atoms with Crippen LogP contribution < -0.4 is 13.9 Å². The minimum Gasteiger partial charge on any atom is -0.545 e. The fraction of sp³-hybridized carbons (Fsp3) is 0.533. The summed E-state index contributed by atoms with van der Waals surface area (Å²) in [6.45, 7) is 9.82. The average molecular weight is 376 g/mol. The third-order valence-corrected chi connectivity index (χ3v) is 4.89. The molecule has 24 heavy (non-hydrogen) atoms. The Bertz CT molecular complexity index is 709. The molecule has 0 spiro atoms. The van der Waals surface area contributed by atoms with Crippen molar-refractivity contribution in [3.63, 3.8) is 0 Å². The molecule has 7 nitrogen and oxygen atoms in total. The first-order valence-corrected chi connectivity index (χ1v) is 11.9. The number of aliphatic carboxylic acids is 1. The molecule has 0 aliphatic rings. The van der Waals surface area contributed by atoms with Gasteiger partial charge in [-0.25, -0.2) is 8.42 Å². The van der Waals surface area contributed by atoms with E-state index in [0.29, 0.717) is 11.5 Å². The van der Waals surface area contributed by atoms with Gasteiger partial charge in [-0.2, -0.15) is 0 Å². The van der Waals surface area contributed by atoms with Crippen molar-refractivity contribution in [2.45, 2.75) is 39.3 Å². The molecular formula is C15H25NO6SSi. The Morgan fingerprint density at radius 3 is 2.29 bits per heavy atom. The van der Waals surface area contributed by atoms with Crippen LogP contribution in [0, 0.1) is 0 Å². The molecule has 0 saturated heterocycles. The van der Waals surface area contributed by atoms with Crippen molar-refractivity contribution in [3.05, 3.63) is 17.7 Å². The summed E-state index contributed by atoms with van der Waals surface area (Å²) in [5.41, 5.74) is 0.600. The average Bonchev–Trinajstić information content (AvgIpc) is 2.36. The standard InChI is InChI=1S/C15H25NO6SSi/c1-15(2,3)13-11(21-4)8-7-10(14(13)22-24(5)6)16-23(19,20)9-12(17)18/h7-8,16,24H,9H2,1-6H3,(H,17,18). The third-order valence-electron chi connectivity index (χ3n) is 3.02. The molecule has 0 saturated carbocycles. The number of nitrogens with one attached hydrogen (secondary N) is 1. The lowest BCUT2D eigenvalue weighted by Crippen LogP contribution is -2.25. The normalized spacial score (nSPS) is 12.1. The summed E-state index contributed by atoms with van der Waals surface area (Å²) in [5, 5.41) is 8.74. The minimum atomic E-state index is -4.03. The number of benzene rings is 1. The van der Waals surface area contributed by atoms with Gasteiger partial charge in [-0.05, 0) is 30.6 Å². The van der Waals surface area contributed by atoms with Crippen LogP contribution in [0.15, 0.2) is 12.1 Å². The van der Waals surface area contributed by atoms with Crippen molar-refractivity contribution in [1.82, 2.24) is 0 Å². The summed E-state index contributed by atoms with van der Waals surface area (Å²) >= 11 is 0. The molecule has 0 aliphatic heterocycles. The van der Waals surface area contributed by atoms with Gasteiger partial charge in [0, 0.05) is 5.56 Å². The number of carboxylic acids is 1. The van der Waals surface area contributed by atoms with Gasteiger partial charge in [-0.1, -0.05) is 20.8 Å². The first-order chi connectivity index (χ1) is 10.9. The highest BCUT2D eigenvalue weighted by Gasteiger charge is 2.28. The molecule has 0 fully saturated rings. The molecule has 1 rings (SSSR count). The molecule has 1 aromatic rings. The van der Waals surface area contributed by atoms with E-state index in [-0.39, 0.29) is 11.1 Å². The minimum absolute atomic E-state index is 0.225. The number of hydrogen-bond acceptors (Lipinski definition) is 5. The van der Waals surface area contributed by atoms with Crippen molar-refractivity contribution >= 4 is 30.7 Å². The smallest absolute Gasteiger partial charge is 0.320 e. The molecule has 136 valence electrons. The van der Waals surface area contributed by atoms with E-state index < -0.39 is 30.8 Å². The molecular weight excluding hydrogens is 350 g/mol. The molecule has 0 aliphatic carbocycles. The number of sulfonamides is 1. The van der Waals surface area contributed by atoms with E-state index in [1.165, 1.54) is 13.2 Å². The highest BCUT2D eigenvalue weighted by molar-refractivity contribution is 7.93. The molecule has 9 heteroatoms. The van der Waals surface area contributed by atoms with Crippen LogP contribution >= 0.6 is 0 Å². The Kier molecular flexibility index (Phi) is 6.29. The first-order valence-electron chi connectivity index (χ1n) is 7.47. The molecule has 0 bridgehead atoms. The number of anilines is 1. The zero-order valence-corrected chi connectivity index (χ0v) is 16.8. The first kappa shape index (κ1) is 20.3. The van der Waals surface area contributed by atoms with Gasteiger partial charge in [0.1, 0.15) is 11.5 Å². The van der Waals surface area contributed by atoms with Crippen LogP contribution in [0.25, 0.3) is 0 Å².